The fourth-order valence-electron chi connectivity index (χ4n) is 5.35. The highest BCUT2D eigenvalue weighted by molar-refractivity contribution is 5.71. The van der Waals surface area contributed by atoms with E-state index in [1.807, 2.05) is 18.2 Å². The summed E-state index contributed by atoms with van der Waals surface area (Å²) in [6.45, 7) is 1.53. The summed E-state index contributed by atoms with van der Waals surface area (Å²) >= 11 is 0. The third-order valence-corrected chi connectivity index (χ3v) is 7.48. The summed E-state index contributed by atoms with van der Waals surface area (Å²) in [6, 6.07) is 13.2. The minimum Gasteiger partial charge on any atom is -0.485 e. The van der Waals surface area contributed by atoms with Gasteiger partial charge in [0, 0.05) is 11.6 Å². The third kappa shape index (κ3) is 4.67. The summed E-state index contributed by atoms with van der Waals surface area (Å²) in [4.78, 5) is 15.6. The molecule has 1 saturated carbocycles. The second-order valence-corrected chi connectivity index (χ2v) is 9.78. The Kier molecular flexibility index (Phi) is 6.67. The van der Waals surface area contributed by atoms with Crippen LogP contribution in [0.2, 0.25) is 0 Å². The van der Waals surface area contributed by atoms with Gasteiger partial charge in [0.25, 0.3) is 0 Å². The molecule has 0 spiro atoms. The van der Waals surface area contributed by atoms with Crippen molar-refractivity contribution in [3.05, 3.63) is 76.7 Å². The van der Waals surface area contributed by atoms with Crippen LogP contribution in [0.1, 0.15) is 60.5 Å². The van der Waals surface area contributed by atoms with Gasteiger partial charge in [-0.1, -0.05) is 31.2 Å². The minimum absolute atomic E-state index is 0.0238. The first kappa shape index (κ1) is 24.3. The van der Waals surface area contributed by atoms with Crippen LogP contribution in [0.4, 0.5) is 4.39 Å². The van der Waals surface area contributed by atoms with Crippen molar-refractivity contribution in [2.75, 3.05) is 7.11 Å². The largest absolute Gasteiger partial charge is 0.485 e. The fraction of sp³-hybridized carbons (Fsp3) is 0.379. The Labute approximate surface area is 209 Å². The molecule has 1 aromatic heterocycles. The fourth-order valence-corrected chi connectivity index (χ4v) is 5.35. The van der Waals surface area contributed by atoms with Crippen LogP contribution in [0.15, 0.2) is 48.7 Å². The van der Waals surface area contributed by atoms with E-state index in [-0.39, 0.29) is 18.6 Å². The predicted octanol–water partition coefficient (Wildman–Crippen LogP) is 5.67. The zero-order valence-electron chi connectivity index (χ0n) is 20.4. The number of rotatable bonds is 8. The van der Waals surface area contributed by atoms with Crippen molar-refractivity contribution < 1.29 is 28.9 Å². The lowest BCUT2D eigenvalue weighted by Crippen LogP contribution is -2.21. The van der Waals surface area contributed by atoms with Gasteiger partial charge in [-0.2, -0.15) is 0 Å². The number of hydrogen-bond acceptors (Lipinski definition) is 5. The van der Waals surface area contributed by atoms with Crippen LogP contribution in [0, 0.1) is 17.7 Å². The molecule has 36 heavy (non-hydrogen) atoms. The summed E-state index contributed by atoms with van der Waals surface area (Å²) in [7, 11) is 1.47. The molecule has 2 N–H and O–H groups in total. The molecule has 0 radical (unpaired) electrons. The van der Waals surface area contributed by atoms with Crippen molar-refractivity contribution >= 4 is 5.97 Å². The van der Waals surface area contributed by atoms with Crippen LogP contribution in [0.3, 0.4) is 0 Å². The predicted molar refractivity (Wildman–Crippen MR) is 133 cm³/mol. The standard InChI is InChI=1S/C29H30FNO5/c1-16(29(33)34)28(18-4-5-18)20-6-3-17-8-10-25(36-26(17)12-20)19-7-9-22(21(11-19)15-32)23-13-27(35-2)31-14-24(23)30/h3,6-7,9,11-14,16,18,25,28,32H,4-5,8,10,15H2,1-2H3,(H,33,34)/t16-,25-,28-/m0/s1. The number of aliphatic hydroxyl groups excluding tert-OH is 1. The molecule has 1 aliphatic heterocycles. The maximum Gasteiger partial charge on any atom is 0.306 e. The monoisotopic (exact) mass is 491 g/mol. The highest BCUT2D eigenvalue weighted by atomic mass is 19.1. The van der Waals surface area contributed by atoms with Gasteiger partial charge in [-0.25, -0.2) is 9.37 Å². The molecule has 7 heteroatoms. The highest BCUT2D eigenvalue weighted by Gasteiger charge is 2.39. The maximum absolute atomic E-state index is 14.5. The molecule has 1 fully saturated rings. The number of ether oxygens (including phenoxy) is 2. The third-order valence-electron chi connectivity index (χ3n) is 7.48. The Balaban J connectivity index is 1.43. The number of hydrogen-bond donors (Lipinski definition) is 2. The molecular weight excluding hydrogens is 461 g/mol. The smallest absolute Gasteiger partial charge is 0.306 e. The molecule has 3 aromatic rings. The zero-order chi connectivity index (χ0) is 25.4. The van der Waals surface area contributed by atoms with E-state index in [1.165, 1.54) is 13.2 Å². The molecule has 188 valence electrons. The average molecular weight is 492 g/mol. The number of nitrogens with zero attached hydrogens (tertiary/aromatic N) is 1. The number of carboxylic acids is 1. The number of benzene rings is 2. The highest BCUT2D eigenvalue weighted by Crippen LogP contribution is 2.48. The lowest BCUT2D eigenvalue weighted by atomic mass is 9.82. The molecule has 0 bridgehead atoms. The first-order valence-electron chi connectivity index (χ1n) is 12.4. The Hall–Kier alpha value is -3.45. The topological polar surface area (TPSA) is 88.9 Å². The molecule has 3 atom stereocenters. The van der Waals surface area contributed by atoms with E-state index < -0.39 is 17.7 Å². The van der Waals surface area contributed by atoms with Crippen LogP contribution in [0.25, 0.3) is 11.1 Å². The summed E-state index contributed by atoms with van der Waals surface area (Å²) in [5.74, 6) is -0.264. The summed E-state index contributed by atoms with van der Waals surface area (Å²) in [5, 5.41) is 19.7. The first-order valence-corrected chi connectivity index (χ1v) is 12.4. The Morgan fingerprint density at radius 2 is 1.97 bits per heavy atom. The van der Waals surface area contributed by atoms with Gasteiger partial charge in [-0.05, 0) is 77.5 Å². The van der Waals surface area contributed by atoms with Crippen molar-refractivity contribution in [3.63, 3.8) is 0 Å². The number of aliphatic carboxylic acids is 1. The van der Waals surface area contributed by atoms with Crippen molar-refractivity contribution in [3.8, 4) is 22.8 Å². The van der Waals surface area contributed by atoms with Crippen molar-refractivity contribution in [1.82, 2.24) is 4.98 Å². The Morgan fingerprint density at radius 3 is 2.67 bits per heavy atom. The van der Waals surface area contributed by atoms with Crippen molar-refractivity contribution in [2.24, 2.45) is 11.8 Å². The number of aryl methyl sites for hydroxylation is 1. The molecule has 1 aliphatic carbocycles. The number of carbonyl (C=O) groups is 1. The normalized spacial score (nSPS) is 18.6. The van der Waals surface area contributed by atoms with Gasteiger partial charge in [0.15, 0.2) is 0 Å². The van der Waals surface area contributed by atoms with Crippen LogP contribution in [-0.4, -0.2) is 28.3 Å². The first-order chi connectivity index (χ1) is 17.4. The van der Waals surface area contributed by atoms with Gasteiger partial charge in [0.2, 0.25) is 5.88 Å². The number of pyridine rings is 1. The Morgan fingerprint density at radius 1 is 1.17 bits per heavy atom. The van der Waals surface area contributed by atoms with E-state index >= 15 is 0 Å². The number of halogens is 1. The van der Waals surface area contributed by atoms with Crippen LogP contribution in [0.5, 0.6) is 11.6 Å². The molecule has 5 rings (SSSR count). The summed E-state index contributed by atoms with van der Waals surface area (Å²) < 4.78 is 26.1. The Bertz CT molecular complexity index is 1290. The second kappa shape index (κ2) is 9.90. The van der Waals surface area contributed by atoms with Crippen molar-refractivity contribution in [1.29, 1.82) is 0 Å². The number of aromatic nitrogens is 1. The van der Waals surface area contributed by atoms with E-state index in [2.05, 4.69) is 17.1 Å². The molecule has 0 amide bonds. The minimum atomic E-state index is -0.775. The SMILES string of the molecule is COc1cc(-c2ccc([C@@H]3CCc4ccc([C@H](C5CC5)[C@H](C)C(=O)O)cc4O3)cc2CO)c(F)cn1. The quantitative estimate of drug-likeness (QED) is 0.422. The number of aliphatic hydroxyl groups is 1. The van der Waals surface area contributed by atoms with Crippen LogP contribution < -0.4 is 9.47 Å². The van der Waals surface area contributed by atoms with Gasteiger partial charge < -0.3 is 19.7 Å². The molecule has 0 saturated heterocycles. The summed E-state index contributed by atoms with van der Waals surface area (Å²) in [6.07, 6.45) is 4.61. The second-order valence-electron chi connectivity index (χ2n) is 9.78. The molecule has 2 aromatic carbocycles. The van der Waals surface area contributed by atoms with Gasteiger partial charge in [-0.15, -0.1) is 0 Å². The van der Waals surface area contributed by atoms with E-state index in [4.69, 9.17) is 9.47 Å². The van der Waals surface area contributed by atoms with E-state index in [9.17, 15) is 19.4 Å². The number of fused-ring (bicyclic) bond motifs is 1. The molecule has 2 heterocycles. The van der Waals surface area contributed by atoms with Gasteiger partial charge >= 0.3 is 5.97 Å². The van der Waals surface area contributed by atoms with Crippen molar-refractivity contribution in [2.45, 2.75) is 51.2 Å². The lowest BCUT2D eigenvalue weighted by molar-refractivity contribution is -0.142. The molecule has 6 nitrogen and oxygen atoms in total. The van der Waals surface area contributed by atoms with Crippen LogP contribution >= 0.6 is 0 Å². The average Bonchev–Trinajstić information content (AvgIpc) is 3.73. The lowest BCUT2D eigenvalue weighted by Gasteiger charge is -2.29. The van der Waals surface area contributed by atoms with E-state index in [0.717, 1.165) is 54.3 Å². The zero-order valence-corrected chi connectivity index (χ0v) is 20.4. The molecule has 2 aliphatic rings. The van der Waals surface area contributed by atoms with Gasteiger partial charge in [0.05, 0.1) is 25.8 Å². The van der Waals surface area contributed by atoms with E-state index in [0.29, 0.717) is 28.5 Å². The summed E-state index contributed by atoms with van der Waals surface area (Å²) in [5.41, 5.74) is 4.51. The van der Waals surface area contributed by atoms with E-state index in [1.54, 1.807) is 13.0 Å². The number of methoxy groups -OCH3 is 1. The maximum atomic E-state index is 14.5. The molecular formula is C29H30FNO5. The van der Waals surface area contributed by atoms with Gasteiger partial charge in [-0.3, -0.25) is 4.79 Å². The number of carboxylic acid groups (broad SMARTS) is 1. The van der Waals surface area contributed by atoms with Gasteiger partial charge in [0.1, 0.15) is 17.7 Å². The van der Waals surface area contributed by atoms with Crippen LogP contribution in [-0.2, 0) is 17.8 Å². The molecule has 0 unspecified atom stereocenters.